The Hall–Kier alpha value is -4.09. The van der Waals surface area contributed by atoms with Crippen molar-refractivity contribution in [2.45, 2.75) is 90.6 Å². The summed E-state index contributed by atoms with van der Waals surface area (Å²) in [6, 6.07) is 12.0. The highest BCUT2D eigenvalue weighted by Gasteiger charge is 2.49. The summed E-state index contributed by atoms with van der Waals surface area (Å²) in [6.45, 7) is 19.7. The van der Waals surface area contributed by atoms with Crippen LogP contribution in [-0.2, 0) is 30.8 Å². The van der Waals surface area contributed by atoms with Crippen LogP contribution in [0.15, 0.2) is 60.1 Å². The number of benzene rings is 4. The lowest BCUT2D eigenvalue weighted by Crippen LogP contribution is -2.34. The van der Waals surface area contributed by atoms with E-state index in [1.807, 2.05) is 30.0 Å². The summed E-state index contributed by atoms with van der Waals surface area (Å²) in [5.74, 6) is -16.7. The molecule has 0 unspecified atom stereocenters. The average molecular weight is 759 g/mol. The fourth-order valence-corrected chi connectivity index (χ4v) is 7.91. The highest BCUT2D eigenvalue weighted by molar-refractivity contribution is 7.97. The molecule has 0 saturated heterocycles. The molecule has 1 heterocycles. The van der Waals surface area contributed by atoms with E-state index in [2.05, 4.69) is 59.1 Å². The van der Waals surface area contributed by atoms with E-state index in [1.54, 1.807) is 6.08 Å². The first-order valence-electron chi connectivity index (χ1n) is 17.2. The number of anilines is 1. The summed E-state index contributed by atoms with van der Waals surface area (Å²) in [5, 5.41) is 0. The Morgan fingerprint density at radius 1 is 0.849 bits per heavy atom. The zero-order valence-corrected chi connectivity index (χ0v) is 31.6. The van der Waals surface area contributed by atoms with Crippen molar-refractivity contribution < 1.29 is 35.1 Å². The van der Waals surface area contributed by atoms with Gasteiger partial charge in [0.15, 0.2) is 34.9 Å². The van der Waals surface area contributed by atoms with Crippen molar-refractivity contribution >= 4 is 23.7 Å². The first-order chi connectivity index (χ1) is 24.7. The van der Waals surface area contributed by atoms with Crippen molar-refractivity contribution in [3.8, 4) is 0 Å². The van der Waals surface area contributed by atoms with Gasteiger partial charge in [-0.2, -0.15) is 8.78 Å². The lowest BCUT2D eigenvalue weighted by molar-refractivity contribution is 0.0306. The number of aryl methyl sites for hydroxylation is 2. The number of hydrogen-bond donors (Lipinski definition) is 0. The van der Waals surface area contributed by atoms with Crippen LogP contribution in [0.4, 0.5) is 40.8 Å². The van der Waals surface area contributed by atoms with E-state index in [-0.39, 0.29) is 18.5 Å². The van der Waals surface area contributed by atoms with Gasteiger partial charge in [0.25, 0.3) is 0 Å². The van der Waals surface area contributed by atoms with Gasteiger partial charge in [-0.3, -0.25) is 0 Å². The molecule has 1 aliphatic heterocycles. The summed E-state index contributed by atoms with van der Waals surface area (Å²) >= 11 is 0.345. The Kier molecular flexibility index (Phi) is 11.3. The molecule has 0 radical (unpaired) electrons. The van der Waals surface area contributed by atoms with Gasteiger partial charge in [-0.1, -0.05) is 83.2 Å². The Labute approximate surface area is 310 Å². The Balaban J connectivity index is 1.70. The molecule has 0 amide bonds. The maximum absolute atomic E-state index is 16.4. The van der Waals surface area contributed by atoms with E-state index in [9.17, 15) is 8.78 Å². The summed E-state index contributed by atoms with van der Waals surface area (Å²) in [4.78, 5) is 0.956. The molecule has 11 heteroatoms. The molecule has 282 valence electrons. The fourth-order valence-electron chi connectivity index (χ4n) is 6.71. The van der Waals surface area contributed by atoms with Crippen LogP contribution >= 0.6 is 11.9 Å². The van der Waals surface area contributed by atoms with Crippen LogP contribution in [0.25, 0.3) is 6.08 Å². The van der Waals surface area contributed by atoms with Crippen molar-refractivity contribution in [1.29, 1.82) is 0 Å². The second-order valence-corrected chi connectivity index (χ2v) is 15.7. The number of halogens is 8. The van der Waals surface area contributed by atoms with Crippen LogP contribution in [0.3, 0.4) is 0 Å². The molecule has 0 bridgehead atoms. The van der Waals surface area contributed by atoms with Crippen LogP contribution in [0.2, 0.25) is 0 Å². The Morgan fingerprint density at radius 3 is 2.11 bits per heavy atom. The fraction of sp³-hybridized carbons (Fsp3) is 0.333. The van der Waals surface area contributed by atoms with Gasteiger partial charge in [0.1, 0.15) is 0 Å². The maximum atomic E-state index is 16.4. The summed E-state index contributed by atoms with van der Waals surface area (Å²) < 4.78 is 125. The van der Waals surface area contributed by atoms with E-state index in [4.69, 9.17) is 0 Å². The Morgan fingerprint density at radius 2 is 1.49 bits per heavy atom. The van der Waals surface area contributed by atoms with E-state index in [0.29, 0.717) is 23.3 Å². The third kappa shape index (κ3) is 7.52. The lowest BCUT2D eigenvalue weighted by Gasteiger charge is -2.35. The lowest BCUT2D eigenvalue weighted by atomic mass is 9.84. The van der Waals surface area contributed by atoms with Crippen molar-refractivity contribution in [2.24, 2.45) is 0 Å². The minimum absolute atomic E-state index is 0.190. The molecule has 1 aliphatic rings. The molecule has 4 aromatic carbocycles. The smallest absolute Gasteiger partial charge is 0.303 e. The first-order valence-corrected chi connectivity index (χ1v) is 18.0. The van der Waals surface area contributed by atoms with Gasteiger partial charge in [-0.05, 0) is 90.1 Å². The maximum Gasteiger partial charge on any atom is 0.303 e. The van der Waals surface area contributed by atoms with E-state index in [1.165, 1.54) is 0 Å². The molecule has 0 N–H and O–H groups in total. The SMILES string of the molecule is C=Cc1cc(C)ccc1N(Cc1cc(CCC)cc(C(C)(C)C)c1)C(=C)CN1Cc2c(F)c(F)c(F)c(F)c2C(F)(F)c2c(C)c(C)c(F)c(F)c2S1. The van der Waals surface area contributed by atoms with Gasteiger partial charge in [0.2, 0.25) is 0 Å². The second-order valence-electron chi connectivity index (χ2n) is 14.6. The highest BCUT2D eigenvalue weighted by Crippen LogP contribution is 2.51. The highest BCUT2D eigenvalue weighted by atomic mass is 32.2. The zero-order chi connectivity index (χ0) is 39.3. The second kappa shape index (κ2) is 15.0. The van der Waals surface area contributed by atoms with Crippen LogP contribution in [-0.4, -0.2) is 10.8 Å². The molecular formula is C42H42F8N2S. The van der Waals surface area contributed by atoms with Crippen LogP contribution in [0, 0.1) is 55.7 Å². The molecular weight excluding hydrogens is 717 g/mol. The molecule has 53 heavy (non-hydrogen) atoms. The summed E-state index contributed by atoms with van der Waals surface area (Å²) in [7, 11) is 0. The molecule has 0 aromatic heterocycles. The topological polar surface area (TPSA) is 6.48 Å². The van der Waals surface area contributed by atoms with Gasteiger partial charge < -0.3 is 4.90 Å². The van der Waals surface area contributed by atoms with Gasteiger partial charge in [-0.25, -0.2) is 30.6 Å². The third-order valence-electron chi connectivity index (χ3n) is 9.67. The quantitative estimate of drug-likeness (QED) is 0.0726. The molecule has 4 aromatic rings. The van der Waals surface area contributed by atoms with E-state index >= 15 is 26.3 Å². The monoisotopic (exact) mass is 758 g/mol. The van der Waals surface area contributed by atoms with Crippen molar-refractivity contribution in [3.05, 3.63) is 146 Å². The van der Waals surface area contributed by atoms with Crippen molar-refractivity contribution in [2.75, 3.05) is 11.4 Å². The zero-order valence-electron chi connectivity index (χ0n) is 30.8. The minimum Gasteiger partial charge on any atom is -0.339 e. The van der Waals surface area contributed by atoms with E-state index in [0.717, 1.165) is 58.8 Å². The van der Waals surface area contributed by atoms with E-state index < -0.39 is 80.1 Å². The molecule has 2 nitrogen and oxygen atoms in total. The predicted molar refractivity (Wildman–Crippen MR) is 197 cm³/mol. The molecule has 0 fully saturated rings. The Bertz CT molecular complexity index is 2040. The third-order valence-corrected chi connectivity index (χ3v) is 10.7. The summed E-state index contributed by atoms with van der Waals surface area (Å²) in [6.07, 6.45) is 3.40. The summed E-state index contributed by atoms with van der Waals surface area (Å²) in [5.41, 5.74) is 0.507. The number of nitrogens with zero attached hydrogens (tertiary/aromatic N) is 2. The first kappa shape index (κ1) is 40.1. The van der Waals surface area contributed by atoms with Gasteiger partial charge in [-0.15, -0.1) is 0 Å². The molecule has 0 atom stereocenters. The minimum atomic E-state index is -4.58. The normalized spacial score (nSPS) is 14.3. The number of rotatable bonds is 9. The van der Waals surface area contributed by atoms with Gasteiger partial charge in [0, 0.05) is 42.1 Å². The molecule has 0 saturated carbocycles. The number of hydrogen-bond acceptors (Lipinski definition) is 3. The number of fused-ring (bicyclic) bond motifs is 2. The predicted octanol–water partition coefficient (Wildman–Crippen LogP) is 12.5. The largest absolute Gasteiger partial charge is 0.339 e. The van der Waals surface area contributed by atoms with Gasteiger partial charge in [0.05, 0.1) is 10.5 Å². The molecule has 0 aliphatic carbocycles. The van der Waals surface area contributed by atoms with Crippen LogP contribution in [0.1, 0.15) is 89.8 Å². The van der Waals surface area contributed by atoms with Crippen LogP contribution in [0.5, 0.6) is 0 Å². The number of alkyl halides is 2. The van der Waals surface area contributed by atoms with Crippen LogP contribution < -0.4 is 4.90 Å². The van der Waals surface area contributed by atoms with Crippen molar-refractivity contribution in [3.63, 3.8) is 0 Å². The van der Waals surface area contributed by atoms with Gasteiger partial charge >= 0.3 is 5.92 Å². The van der Waals surface area contributed by atoms with Crippen molar-refractivity contribution in [1.82, 2.24) is 4.31 Å². The molecule has 0 spiro atoms. The molecule has 5 rings (SSSR count). The standard InChI is InChI=1S/C42H42F8N2S/c1-10-12-26-16-27(18-29(17-26)41(7,8)9)20-52(31-14-13-22(3)15-28(31)11-2)23(4)19-51-21-30-33(36(45)38(47)37(46)35(30)44)42(49,50)32-24(5)25(6)34(43)39(48)40(32)53-51/h11,13-18H,2,4,10,12,19-21H2,1,3,5-9H3. The average Bonchev–Trinajstić information content (AvgIpc) is 3.08.